The topological polar surface area (TPSA) is 82.3 Å². The van der Waals surface area contributed by atoms with Crippen LogP contribution in [0.5, 0.6) is 0 Å². The third-order valence-corrected chi connectivity index (χ3v) is 4.91. The van der Waals surface area contributed by atoms with E-state index in [-0.39, 0.29) is 22.0 Å². The Labute approximate surface area is 197 Å². The lowest BCUT2D eigenvalue weighted by Crippen LogP contribution is -2.36. The van der Waals surface area contributed by atoms with Crippen LogP contribution in [0.15, 0.2) is 72.8 Å². The van der Waals surface area contributed by atoms with E-state index in [9.17, 15) is 9.59 Å². The largest absolute Gasteiger partial charge is 0.331 e. The predicted octanol–water partition coefficient (Wildman–Crippen LogP) is 4.56. The maximum atomic E-state index is 12.4. The second-order valence-corrected chi connectivity index (χ2v) is 7.91. The highest BCUT2D eigenvalue weighted by atomic mass is 32.1. The third-order valence-electron chi connectivity index (χ3n) is 4.51. The minimum absolute atomic E-state index is 0.138. The normalized spacial score (nSPS) is 10.1. The Morgan fingerprint density at radius 3 is 1.28 bits per heavy atom. The quantitative estimate of drug-likeness (QED) is 0.426. The molecule has 0 aromatic heterocycles. The highest BCUT2D eigenvalue weighted by molar-refractivity contribution is 7.80. The highest BCUT2D eigenvalue weighted by Crippen LogP contribution is 2.21. The molecule has 0 aliphatic carbocycles. The SMILES string of the molecule is Cc1ccc(C(=O)NC(=S)Nc2ccccc2NC(=S)NC(=O)c2ccc(C)cc2)cc1. The first kappa shape index (κ1) is 23.1. The Kier molecular flexibility index (Phi) is 7.64. The number of anilines is 2. The zero-order valence-corrected chi connectivity index (χ0v) is 19.2. The lowest BCUT2D eigenvalue weighted by Gasteiger charge is -2.16. The van der Waals surface area contributed by atoms with Crippen LogP contribution in [-0.4, -0.2) is 22.0 Å². The van der Waals surface area contributed by atoms with Gasteiger partial charge in [0.1, 0.15) is 0 Å². The summed E-state index contributed by atoms with van der Waals surface area (Å²) in [6.45, 7) is 3.90. The highest BCUT2D eigenvalue weighted by Gasteiger charge is 2.12. The summed E-state index contributed by atoms with van der Waals surface area (Å²) in [6.07, 6.45) is 0. The van der Waals surface area contributed by atoms with E-state index in [1.54, 1.807) is 36.4 Å². The zero-order valence-electron chi connectivity index (χ0n) is 17.6. The van der Waals surface area contributed by atoms with Crippen LogP contribution >= 0.6 is 24.4 Å². The molecule has 32 heavy (non-hydrogen) atoms. The van der Waals surface area contributed by atoms with E-state index in [1.807, 2.05) is 50.2 Å². The van der Waals surface area contributed by atoms with Crippen molar-refractivity contribution < 1.29 is 9.59 Å². The molecule has 0 unspecified atom stereocenters. The Hall–Kier alpha value is -3.62. The van der Waals surface area contributed by atoms with Gasteiger partial charge in [0.2, 0.25) is 0 Å². The first-order valence-electron chi connectivity index (χ1n) is 9.79. The lowest BCUT2D eigenvalue weighted by atomic mass is 10.1. The molecule has 0 saturated carbocycles. The molecular formula is C24H22N4O2S2. The molecule has 2 amide bonds. The average molecular weight is 463 g/mol. The van der Waals surface area contributed by atoms with E-state index in [0.717, 1.165) is 11.1 Å². The molecule has 4 N–H and O–H groups in total. The molecule has 8 heteroatoms. The molecule has 0 heterocycles. The summed E-state index contributed by atoms with van der Waals surface area (Å²) in [6, 6.07) is 21.5. The summed E-state index contributed by atoms with van der Waals surface area (Å²) in [5.41, 5.74) is 4.32. The van der Waals surface area contributed by atoms with Gasteiger partial charge in [0, 0.05) is 11.1 Å². The van der Waals surface area contributed by atoms with Crippen LogP contribution in [0.2, 0.25) is 0 Å². The Bertz CT molecular complexity index is 1070. The first-order valence-corrected chi connectivity index (χ1v) is 10.6. The minimum atomic E-state index is -0.311. The molecular weight excluding hydrogens is 440 g/mol. The Balaban J connectivity index is 1.61. The van der Waals surface area contributed by atoms with Gasteiger partial charge in [0.25, 0.3) is 11.8 Å². The van der Waals surface area contributed by atoms with Crippen molar-refractivity contribution in [3.63, 3.8) is 0 Å². The van der Waals surface area contributed by atoms with Crippen molar-refractivity contribution in [3.05, 3.63) is 95.1 Å². The van der Waals surface area contributed by atoms with Crippen LogP contribution in [0.1, 0.15) is 31.8 Å². The van der Waals surface area contributed by atoms with Crippen molar-refractivity contribution in [2.75, 3.05) is 10.6 Å². The number of para-hydroxylation sites is 2. The molecule has 3 aromatic carbocycles. The summed E-state index contributed by atoms with van der Waals surface area (Å²) in [5.74, 6) is -0.623. The average Bonchev–Trinajstić information content (AvgIpc) is 2.76. The fourth-order valence-electron chi connectivity index (χ4n) is 2.77. The lowest BCUT2D eigenvalue weighted by molar-refractivity contribution is 0.0969. The van der Waals surface area contributed by atoms with Gasteiger partial charge in [-0.3, -0.25) is 20.2 Å². The van der Waals surface area contributed by atoms with Gasteiger partial charge in [0.15, 0.2) is 10.2 Å². The molecule has 0 spiro atoms. The molecule has 3 rings (SSSR count). The molecule has 0 fully saturated rings. The van der Waals surface area contributed by atoms with Crippen molar-refractivity contribution in [2.24, 2.45) is 0 Å². The van der Waals surface area contributed by atoms with Crippen molar-refractivity contribution in [1.82, 2.24) is 10.6 Å². The van der Waals surface area contributed by atoms with Crippen molar-refractivity contribution in [2.45, 2.75) is 13.8 Å². The van der Waals surface area contributed by atoms with Crippen molar-refractivity contribution in [3.8, 4) is 0 Å². The van der Waals surface area contributed by atoms with E-state index in [0.29, 0.717) is 22.5 Å². The number of thiocarbonyl (C=S) groups is 2. The smallest absolute Gasteiger partial charge is 0.257 e. The second kappa shape index (κ2) is 10.6. The van der Waals surface area contributed by atoms with Crippen LogP contribution < -0.4 is 21.3 Å². The molecule has 0 radical (unpaired) electrons. The van der Waals surface area contributed by atoms with E-state index in [1.165, 1.54) is 0 Å². The number of aryl methyl sites for hydroxylation is 2. The molecule has 162 valence electrons. The summed E-state index contributed by atoms with van der Waals surface area (Å²) in [7, 11) is 0. The first-order chi connectivity index (χ1) is 15.3. The summed E-state index contributed by atoms with van der Waals surface area (Å²) in [4.78, 5) is 24.7. The molecule has 0 aliphatic heterocycles. The Morgan fingerprint density at radius 2 is 0.938 bits per heavy atom. The van der Waals surface area contributed by atoms with Crippen molar-refractivity contribution in [1.29, 1.82) is 0 Å². The fourth-order valence-corrected chi connectivity index (χ4v) is 3.17. The van der Waals surface area contributed by atoms with E-state index in [2.05, 4.69) is 21.3 Å². The van der Waals surface area contributed by atoms with Gasteiger partial charge >= 0.3 is 0 Å². The van der Waals surface area contributed by atoms with Crippen LogP contribution in [0, 0.1) is 13.8 Å². The zero-order chi connectivity index (χ0) is 23.1. The van der Waals surface area contributed by atoms with Gasteiger partial charge in [-0.15, -0.1) is 0 Å². The number of nitrogens with one attached hydrogen (secondary N) is 4. The minimum Gasteiger partial charge on any atom is -0.331 e. The van der Waals surface area contributed by atoms with Crippen LogP contribution in [-0.2, 0) is 0 Å². The number of rotatable bonds is 4. The van der Waals surface area contributed by atoms with Gasteiger partial charge < -0.3 is 10.6 Å². The number of carbonyl (C=O) groups is 2. The van der Waals surface area contributed by atoms with Crippen LogP contribution in [0.3, 0.4) is 0 Å². The molecule has 0 saturated heterocycles. The number of carbonyl (C=O) groups excluding carboxylic acids is 2. The number of hydrogen-bond donors (Lipinski definition) is 4. The molecule has 0 aliphatic rings. The third kappa shape index (κ3) is 6.44. The maximum absolute atomic E-state index is 12.4. The van der Waals surface area contributed by atoms with Gasteiger partial charge in [0.05, 0.1) is 11.4 Å². The second-order valence-electron chi connectivity index (χ2n) is 7.09. The standard InChI is InChI=1S/C24H22N4O2S2/c1-15-7-11-17(12-8-15)21(29)27-23(31)25-19-5-3-4-6-20(19)26-24(32)28-22(30)18-13-9-16(2)10-14-18/h3-14H,1-2H3,(H2,25,27,29,31)(H2,26,28,30,32). The van der Waals surface area contributed by atoms with E-state index in [4.69, 9.17) is 24.4 Å². The monoisotopic (exact) mass is 462 g/mol. The molecule has 0 atom stereocenters. The fraction of sp³-hybridized carbons (Fsp3) is 0.0833. The summed E-state index contributed by atoms with van der Waals surface area (Å²) >= 11 is 10.6. The van der Waals surface area contributed by atoms with Crippen LogP contribution in [0.25, 0.3) is 0 Å². The summed E-state index contributed by atoms with van der Waals surface area (Å²) in [5, 5.41) is 11.6. The predicted molar refractivity (Wildman–Crippen MR) is 136 cm³/mol. The number of amides is 2. The Morgan fingerprint density at radius 1 is 0.594 bits per heavy atom. The molecule has 3 aromatic rings. The van der Waals surface area contributed by atoms with Crippen molar-refractivity contribution >= 4 is 57.8 Å². The van der Waals surface area contributed by atoms with E-state index < -0.39 is 0 Å². The van der Waals surface area contributed by atoms with Gasteiger partial charge in [-0.25, -0.2) is 0 Å². The molecule has 0 bridgehead atoms. The summed E-state index contributed by atoms with van der Waals surface area (Å²) < 4.78 is 0. The maximum Gasteiger partial charge on any atom is 0.257 e. The van der Waals surface area contributed by atoms with E-state index >= 15 is 0 Å². The molecule has 6 nitrogen and oxygen atoms in total. The van der Waals surface area contributed by atoms with Gasteiger partial charge in [-0.1, -0.05) is 47.5 Å². The van der Waals surface area contributed by atoms with Gasteiger partial charge in [-0.05, 0) is 74.7 Å². The number of benzene rings is 3. The van der Waals surface area contributed by atoms with Crippen LogP contribution in [0.4, 0.5) is 11.4 Å². The van der Waals surface area contributed by atoms with Gasteiger partial charge in [-0.2, -0.15) is 0 Å². The number of hydrogen-bond acceptors (Lipinski definition) is 4.